The molecule has 0 radical (unpaired) electrons. The SMILES string of the molecule is CC1=C([C@@H](C/C(=N\O)c2ccc(=O)n(C)c2)c2ccc(-c3ccc(S(N)(=O)=O)cc3)cc2)CCC(Cl)=C1. The van der Waals surface area contributed by atoms with Crippen molar-refractivity contribution in [3.8, 4) is 11.1 Å². The molecule has 0 saturated heterocycles. The molecule has 1 aliphatic rings. The monoisotopic (exact) mass is 537 g/mol. The van der Waals surface area contributed by atoms with Gasteiger partial charge in [-0.1, -0.05) is 64.3 Å². The van der Waals surface area contributed by atoms with E-state index in [-0.39, 0.29) is 16.4 Å². The van der Waals surface area contributed by atoms with Crippen LogP contribution >= 0.6 is 11.6 Å². The van der Waals surface area contributed by atoms with Crippen LogP contribution in [-0.2, 0) is 17.1 Å². The van der Waals surface area contributed by atoms with Gasteiger partial charge in [0.05, 0.1) is 10.6 Å². The fourth-order valence-electron chi connectivity index (χ4n) is 4.66. The fraction of sp³-hybridized carbons (Fsp3) is 0.214. The van der Waals surface area contributed by atoms with Crippen LogP contribution in [0.1, 0.15) is 43.2 Å². The van der Waals surface area contributed by atoms with E-state index in [1.165, 1.54) is 28.3 Å². The van der Waals surface area contributed by atoms with Gasteiger partial charge in [0.1, 0.15) is 0 Å². The van der Waals surface area contributed by atoms with E-state index >= 15 is 0 Å². The number of primary sulfonamides is 1. The molecule has 0 unspecified atom stereocenters. The average molecular weight is 538 g/mol. The molecular weight excluding hydrogens is 510 g/mol. The van der Waals surface area contributed by atoms with Gasteiger partial charge < -0.3 is 9.77 Å². The second kappa shape index (κ2) is 10.9. The molecule has 0 saturated carbocycles. The van der Waals surface area contributed by atoms with Crippen molar-refractivity contribution in [1.82, 2.24) is 4.57 Å². The van der Waals surface area contributed by atoms with E-state index in [4.69, 9.17) is 16.7 Å². The number of benzene rings is 2. The maximum atomic E-state index is 11.9. The average Bonchev–Trinajstić information content (AvgIpc) is 2.87. The lowest BCUT2D eigenvalue weighted by molar-refractivity contribution is 0.317. The van der Waals surface area contributed by atoms with Gasteiger partial charge in [0.15, 0.2) is 0 Å². The number of hydrogen-bond acceptors (Lipinski definition) is 5. The second-order valence-electron chi connectivity index (χ2n) is 9.16. The number of rotatable bonds is 7. The molecule has 37 heavy (non-hydrogen) atoms. The third-order valence-electron chi connectivity index (χ3n) is 6.70. The first-order valence-electron chi connectivity index (χ1n) is 11.7. The summed E-state index contributed by atoms with van der Waals surface area (Å²) in [6, 6.07) is 17.6. The summed E-state index contributed by atoms with van der Waals surface area (Å²) in [4.78, 5) is 11.9. The smallest absolute Gasteiger partial charge is 0.250 e. The van der Waals surface area contributed by atoms with Crippen LogP contribution in [0.25, 0.3) is 11.1 Å². The number of aryl methyl sites for hydroxylation is 1. The van der Waals surface area contributed by atoms with Crippen molar-refractivity contribution in [2.75, 3.05) is 0 Å². The summed E-state index contributed by atoms with van der Waals surface area (Å²) in [5, 5.41) is 19.5. The molecule has 7 nitrogen and oxygen atoms in total. The molecule has 0 bridgehead atoms. The van der Waals surface area contributed by atoms with Crippen LogP contribution in [0, 0.1) is 0 Å². The summed E-state index contributed by atoms with van der Waals surface area (Å²) in [5.41, 5.74) is 6.12. The predicted octanol–water partition coefficient (Wildman–Crippen LogP) is 5.28. The van der Waals surface area contributed by atoms with Gasteiger partial charge in [-0.05, 0) is 60.7 Å². The van der Waals surface area contributed by atoms with Crippen LogP contribution < -0.4 is 10.7 Å². The minimum absolute atomic E-state index is 0.0635. The molecule has 1 heterocycles. The number of hydrogen-bond donors (Lipinski definition) is 2. The second-order valence-corrected chi connectivity index (χ2v) is 11.2. The van der Waals surface area contributed by atoms with Gasteiger partial charge in [0.2, 0.25) is 15.6 Å². The number of nitrogens with zero attached hydrogens (tertiary/aromatic N) is 2. The summed E-state index contributed by atoms with van der Waals surface area (Å²) < 4.78 is 24.6. The van der Waals surface area contributed by atoms with Gasteiger partial charge in [0.25, 0.3) is 0 Å². The first kappa shape index (κ1) is 26.6. The van der Waals surface area contributed by atoms with Crippen LogP contribution in [0.2, 0.25) is 0 Å². The predicted molar refractivity (Wildman–Crippen MR) is 146 cm³/mol. The Kier molecular flexibility index (Phi) is 7.82. The van der Waals surface area contributed by atoms with Crippen LogP contribution in [-0.4, -0.2) is 23.9 Å². The highest BCUT2D eigenvalue weighted by Gasteiger charge is 2.24. The van der Waals surface area contributed by atoms with E-state index < -0.39 is 10.0 Å². The van der Waals surface area contributed by atoms with E-state index in [1.807, 2.05) is 37.3 Å². The number of allylic oxidation sites excluding steroid dienone is 4. The van der Waals surface area contributed by atoms with Gasteiger partial charge in [-0.3, -0.25) is 4.79 Å². The van der Waals surface area contributed by atoms with E-state index in [0.29, 0.717) is 17.7 Å². The third-order valence-corrected chi connectivity index (χ3v) is 7.93. The molecular formula is C28H28ClN3O4S. The van der Waals surface area contributed by atoms with Crippen LogP contribution in [0.3, 0.4) is 0 Å². The zero-order valence-electron chi connectivity index (χ0n) is 20.6. The Morgan fingerprint density at radius 1 is 1.05 bits per heavy atom. The van der Waals surface area contributed by atoms with E-state index in [9.17, 15) is 18.4 Å². The zero-order chi connectivity index (χ0) is 26.7. The number of nitrogens with two attached hydrogens (primary N) is 1. The van der Waals surface area contributed by atoms with Gasteiger partial charge in [-0.25, -0.2) is 13.6 Å². The minimum atomic E-state index is -3.75. The Morgan fingerprint density at radius 2 is 1.68 bits per heavy atom. The molecule has 1 aliphatic carbocycles. The van der Waals surface area contributed by atoms with E-state index in [0.717, 1.165) is 40.1 Å². The maximum Gasteiger partial charge on any atom is 0.250 e. The Balaban J connectivity index is 1.71. The molecule has 2 aromatic carbocycles. The van der Waals surface area contributed by atoms with Gasteiger partial charge >= 0.3 is 0 Å². The van der Waals surface area contributed by atoms with E-state index in [2.05, 4.69) is 5.16 Å². The largest absolute Gasteiger partial charge is 0.411 e. The number of pyridine rings is 1. The molecule has 1 aromatic heterocycles. The number of aromatic nitrogens is 1. The highest BCUT2D eigenvalue weighted by atomic mass is 35.5. The molecule has 0 fully saturated rings. The maximum absolute atomic E-state index is 11.9. The Morgan fingerprint density at radius 3 is 2.22 bits per heavy atom. The minimum Gasteiger partial charge on any atom is -0.411 e. The van der Waals surface area contributed by atoms with Crippen molar-refractivity contribution in [1.29, 1.82) is 0 Å². The molecule has 0 amide bonds. The molecule has 9 heteroatoms. The van der Waals surface area contributed by atoms with E-state index in [1.54, 1.807) is 31.4 Å². The van der Waals surface area contributed by atoms with Crippen molar-refractivity contribution >= 4 is 27.3 Å². The summed E-state index contributed by atoms with van der Waals surface area (Å²) in [6.45, 7) is 2.03. The van der Waals surface area contributed by atoms with Crippen molar-refractivity contribution in [3.63, 3.8) is 0 Å². The van der Waals surface area contributed by atoms with Gasteiger partial charge in [0, 0.05) is 42.2 Å². The Bertz CT molecular complexity index is 1570. The lowest BCUT2D eigenvalue weighted by atomic mass is 9.79. The molecule has 3 N–H and O–H groups in total. The normalized spacial score (nSPS) is 15.5. The highest BCUT2D eigenvalue weighted by Crippen LogP contribution is 2.39. The summed E-state index contributed by atoms with van der Waals surface area (Å²) in [6.07, 6.45) is 5.60. The first-order chi connectivity index (χ1) is 17.6. The summed E-state index contributed by atoms with van der Waals surface area (Å²) in [5.74, 6) is -0.0806. The lowest BCUT2D eigenvalue weighted by Crippen LogP contribution is -2.19. The molecule has 0 aliphatic heterocycles. The van der Waals surface area contributed by atoms with Gasteiger partial charge in [-0.2, -0.15) is 0 Å². The Labute approximate surface area is 221 Å². The molecule has 192 valence electrons. The number of halogens is 1. The van der Waals surface area contributed by atoms with Crippen molar-refractivity contribution < 1.29 is 13.6 Å². The molecule has 4 rings (SSSR count). The fourth-order valence-corrected chi connectivity index (χ4v) is 5.44. The number of sulfonamides is 1. The summed E-state index contributed by atoms with van der Waals surface area (Å²) in [7, 11) is -2.09. The quantitative estimate of drug-likeness (QED) is 0.242. The molecule has 3 aromatic rings. The Hall–Kier alpha value is -3.46. The highest BCUT2D eigenvalue weighted by molar-refractivity contribution is 7.89. The van der Waals surface area contributed by atoms with Crippen LogP contribution in [0.4, 0.5) is 0 Å². The van der Waals surface area contributed by atoms with Crippen molar-refractivity contribution in [2.24, 2.45) is 17.3 Å². The van der Waals surface area contributed by atoms with Crippen molar-refractivity contribution in [2.45, 2.75) is 37.0 Å². The topological polar surface area (TPSA) is 115 Å². The van der Waals surface area contributed by atoms with Crippen LogP contribution in [0.15, 0.2) is 104 Å². The van der Waals surface area contributed by atoms with Crippen molar-refractivity contribution in [3.05, 3.63) is 111 Å². The summed E-state index contributed by atoms with van der Waals surface area (Å²) >= 11 is 6.30. The molecule has 0 spiro atoms. The third kappa shape index (κ3) is 6.10. The lowest BCUT2D eigenvalue weighted by Gasteiger charge is -2.26. The molecule has 1 atom stereocenters. The van der Waals surface area contributed by atoms with Crippen LogP contribution in [0.5, 0.6) is 0 Å². The zero-order valence-corrected chi connectivity index (χ0v) is 22.1. The standard InChI is InChI=1S/C28H28ClN3O4S/c1-18-15-23(29)10-13-25(18)26(16-27(31-34)22-9-14-28(33)32(2)17-22)21-5-3-19(4-6-21)20-7-11-24(12-8-20)37(30,35)36/h3-9,11-12,14-15,17,26,34H,10,13,16H2,1-2H3,(H2,30,35,36)/b31-27+/t26-/m0/s1. The van der Waals surface area contributed by atoms with Gasteiger partial charge in [-0.15, -0.1) is 0 Å². The number of oxime groups is 1. The first-order valence-corrected chi connectivity index (χ1v) is 13.7.